The molecule has 10 nitrogen and oxygen atoms in total. The number of carbonyl (C=O) groups is 1. The molecule has 1 saturated heterocycles. The van der Waals surface area contributed by atoms with Crippen molar-refractivity contribution in [3.8, 4) is 5.75 Å². The Kier molecular flexibility index (Phi) is 10.2. The van der Waals surface area contributed by atoms with Crippen LogP contribution in [0.3, 0.4) is 0 Å². The molecule has 4 aromatic rings. The molecule has 0 radical (unpaired) electrons. The largest absolute Gasteiger partial charge is 0.497 e. The van der Waals surface area contributed by atoms with Crippen LogP contribution in [0, 0.1) is 5.82 Å². The molecule has 2 heterocycles. The van der Waals surface area contributed by atoms with Crippen LogP contribution in [0.2, 0.25) is 0 Å². The summed E-state index contributed by atoms with van der Waals surface area (Å²) in [5.74, 6) is -0.267. The van der Waals surface area contributed by atoms with Crippen LogP contribution in [-0.2, 0) is 27.8 Å². The molecule has 0 unspecified atom stereocenters. The highest BCUT2D eigenvalue weighted by atomic mass is 32.2. The zero-order valence-electron chi connectivity index (χ0n) is 25.0. The quantitative estimate of drug-likeness (QED) is 0.190. The number of nitrogens with one attached hydrogen (secondary N) is 1. The van der Waals surface area contributed by atoms with Gasteiger partial charge in [0.1, 0.15) is 11.6 Å². The fraction of sp³-hybridized carbons (Fsp3) is 0.242. The number of pyridine rings is 1. The number of anilines is 1. The summed E-state index contributed by atoms with van der Waals surface area (Å²) < 4.78 is 54.0. The predicted octanol–water partition coefficient (Wildman–Crippen LogP) is 4.61. The molecule has 45 heavy (non-hydrogen) atoms. The number of hydrogen-bond acceptors (Lipinski definition) is 8. The predicted molar refractivity (Wildman–Crippen MR) is 169 cm³/mol. The van der Waals surface area contributed by atoms with Gasteiger partial charge in [-0.15, -0.1) is 0 Å². The van der Waals surface area contributed by atoms with E-state index in [1.807, 2.05) is 11.0 Å². The molecule has 0 bridgehead atoms. The third kappa shape index (κ3) is 7.90. The standard InChI is InChI=1S/C33H34FN5O5S/c1-24(28-9-14-32(31(34)20-28)38-16-18-44-19-17-38)36-37-33(40)27-7-5-25(6-8-27)22-39(23-26-4-3-15-35-21-26)45(41,42)30-12-10-29(43-2)11-13-30/h3-15,20-21H,16-19,22-23H2,1-2H3,(H,37,40). The van der Waals surface area contributed by atoms with Crippen molar-refractivity contribution in [1.82, 2.24) is 14.7 Å². The van der Waals surface area contributed by atoms with Crippen molar-refractivity contribution in [2.75, 3.05) is 38.3 Å². The van der Waals surface area contributed by atoms with Gasteiger partial charge >= 0.3 is 0 Å². The first-order valence-corrected chi connectivity index (χ1v) is 15.8. The molecule has 1 aliphatic heterocycles. The van der Waals surface area contributed by atoms with Gasteiger partial charge in [0.15, 0.2) is 0 Å². The Morgan fingerprint density at radius 2 is 1.69 bits per heavy atom. The van der Waals surface area contributed by atoms with Crippen molar-refractivity contribution < 1.29 is 27.1 Å². The van der Waals surface area contributed by atoms with Gasteiger partial charge in [0, 0.05) is 49.7 Å². The molecule has 1 fully saturated rings. The van der Waals surface area contributed by atoms with Gasteiger partial charge < -0.3 is 14.4 Å². The molecule has 1 amide bonds. The van der Waals surface area contributed by atoms with Crippen LogP contribution < -0.4 is 15.1 Å². The molecule has 234 valence electrons. The van der Waals surface area contributed by atoms with Crippen LogP contribution in [-0.4, -0.2) is 62.7 Å². The summed E-state index contributed by atoms with van der Waals surface area (Å²) in [5.41, 5.74) is 5.77. The summed E-state index contributed by atoms with van der Waals surface area (Å²) >= 11 is 0. The fourth-order valence-corrected chi connectivity index (χ4v) is 6.26. The topological polar surface area (TPSA) is 113 Å². The number of aromatic nitrogens is 1. The second-order valence-electron chi connectivity index (χ2n) is 10.4. The molecule has 3 aromatic carbocycles. The number of nitrogens with zero attached hydrogens (tertiary/aromatic N) is 4. The van der Waals surface area contributed by atoms with Crippen LogP contribution in [0.5, 0.6) is 5.75 Å². The maximum Gasteiger partial charge on any atom is 0.271 e. The highest BCUT2D eigenvalue weighted by molar-refractivity contribution is 7.89. The smallest absolute Gasteiger partial charge is 0.271 e. The van der Waals surface area contributed by atoms with Crippen LogP contribution in [0.4, 0.5) is 10.1 Å². The van der Waals surface area contributed by atoms with Crippen LogP contribution in [0.1, 0.15) is 34.0 Å². The van der Waals surface area contributed by atoms with Crippen molar-refractivity contribution in [2.24, 2.45) is 5.10 Å². The molecule has 1 N–H and O–H groups in total. The zero-order chi connectivity index (χ0) is 31.8. The SMILES string of the molecule is COc1ccc(S(=O)(=O)N(Cc2ccc(C(=O)NN=C(C)c3ccc(N4CCOCC4)c(F)c3)cc2)Cc2cccnc2)cc1. The lowest BCUT2D eigenvalue weighted by Crippen LogP contribution is -2.36. The normalized spacial score (nSPS) is 14.0. The number of amides is 1. The molecular formula is C33H34FN5O5S. The summed E-state index contributed by atoms with van der Waals surface area (Å²) in [6.07, 6.45) is 3.25. The van der Waals surface area contributed by atoms with Crippen molar-refractivity contribution >= 4 is 27.3 Å². The fourth-order valence-electron chi connectivity index (χ4n) is 4.84. The molecule has 0 atom stereocenters. The highest BCUT2D eigenvalue weighted by Crippen LogP contribution is 2.24. The van der Waals surface area contributed by atoms with E-state index in [4.69, 9.17) is 9.47 Å². The Hall–Kier alpha value is -4.65. The molecule has 0 spiro atoms. The summed E-state index contributed by atoms with van der Waals surface area (Å²) in [7, 11) is -2.37. The lowest BCUT2D eigenvalue weighted by atomic mass is 10.1. The third-order valence-electron chi connectivity index (χ3n) is 7.40. The van der Waals surface area contributed by atoms with E-state index in [2.05, 4.69) is 15.5 Å². The summed E-state index contributed by atoms with van der Waals surface area (Å²) in [6.45, 7) is 4.22. The van der Waals surface area contributed by atoms with E-state index >= 15 is 0 Å². The number of morpholine rings is 1. The highest BCUT2D eigenvalue weighted by Gasteiger charge is 2.25. The minimum Gasteiger partial charge on any atom is -0.497 e. The molecule has 5 rings (SSSR count). The van der Waals surface area contributed by atoms with E-state index in [9.17, 15) is 17.6 Å². The van der Waals surface area contributed by atoms with E-state index in [1.165, 1.54) is 29.6 Å². The van der Waals surface area contributed by atoms with Crippen LogP contribution in [0.25, 0.3) is 0 Å². The summed E-state index contributed by atoms with van der Waals surface area (Å²) in [4.78, 5) is 19.0. The van der Waals surface area contributed by atoms with E-state index < -0.39 is 15.9 Å². The Balaban J connectivity index is 1.27. The van der Waals surface area contributed by atoms with Crippen LogP contribution in [0.15, 0.2) is 101 Å². The van der Waals surface area contributed by atoms with Crippen molar-refractivity contribution in [2.45, 2.75) is 24.9 Å². The molecular weight excluding hydrogens is 597 g/mol. The van der Waals surface area contributed by atoms with Gasteiger partial charge in [-0.25, -0.2) is 18.2 Å². The number of sulfonamides is 1. The first-order valence-electron chi connectivity index (χ1n) is 14.3. The Bertz CT molecular complexity index is 1740. The zero-order valence-corrected chi connectivity index (χ0v) is 25.8. The van der Waals surface area contributed by atoms with E-state index in [0.29, 0.717) is 60.1 Å². The third-order valence-corrected chi connectivity index (χ3v) is 9.20. The van der Waals surface area contributed by atoms with Crippen LogP contribution >= 0.6 is 0 Å². The van der Waals surface area contributed by atoms with Crippen molar-refractivity contribution in [3.63, 3.8) is 0 Å². The number of rotatable bonds is 11. The molecule has 0 saturated carbocycles. The van der Waals surface area contributed by atoms with Crippen molar-refractivity contribution in [3.05, 3.63) is 119 Å². The van der Waals surface area contributed by atoms with Gasteiger partial charge in [-0.3, -0.25) is 9.78 Å². The number of hydrazone groups is 1. The molecule has 1 aromatic heterocycles. The minimum absolute atomic E-state index is 0.0639. The average molecular weight is 632 g/mol. The van der Waals surface area contributed by atoms with E-state index in [1.54, 1.807) is 73.9 Å². The van der Waals surface area contributed by atoms with Gasteiger partial charge in [0.25, 0.3) is 5.91 Å². The number of ether oxygens (including phenoxy) is 2. The number of hydrogen-bond donors (Lipinski definition) is 1. The van der Waals surface area contributed by atoms with Gasteiger partial charge in [-0.1, -0.05) is 24.3 Å². The van der Waals surface area contributed by atoms with Crippen molar-refractivity contribution in [1.29, 1.82) is 0 Å². The Labute approximate surface area is 262 Å². The van der Waals surface area contributed by atoms with Gasteiger partial charge in [0.2, 0.25) is 10.0 Å². The van der Waals surface area contributed by atoms with E-state index in [-0.39, 0.29) is 23.8 Å². The minimum atomic E-state index is -3.89. The Morgan fingerprint density at radius 3 is 2.33 bits per heavy atom. The number of halogens is 1. The average Bonchev–Trinajstić information content (AvgIpc) is 3.08. The first-order chi connectivity index (χ1) is 21.7. The van der Waals surface area contributed by atoms with E-state index in [0.717, 1.165) is 5.56 Å². The molecule has 12 heteroatoms. The maximum atomic E-state index is 14.8. The summed E-state index contributed by atoms with van der Waals surface area (Å²) in [5, 5.41) is 4.16. The Morgan fingerprint density at radius 1 is 1.00 bits per heavy atom. The first kappa shape index (κ1) is 31.8. The second kappa shape index (κ2) is 14.4. The number of methoxy groups -OCH3 is 1. The maximum absolute atomic E-state index is 14.8. The van der Waals surface area contributed by atoms with Gasteiger partial charge in [-0.2, -0.15) is 9.41 Å². The number of carbonyl (C=O) groups excluding carboxylic acids is 1. The second-order valence-corrected chi connectivity index (χ2v) is 12.3. The van der Waals surface area contributed by atoms with Gasteiger partial charge in [-0.05, 0) is 72.6 Å². The summed E-state index contributed by atoms with van der Waals surface area (Å²) in [6, 6.07) is 21.3. The molecule has 0 aliphatic carbocycles. The lowest BCUT2D eigenvalue weighted by Gasteiger charge is -2.29. The molecule has 1 aliphatic rings. The number of benzene rings is 3. The lowest BCUT2D eigenvalue weighted by molar-refractivity contribution is 0.0954. The van der Waals surface area contributed by atoms with Gasteiger partial charge in [0.05, 0.1) is 36.6 Å². The monoisotopic (exact) mass is 631 g/mol.